The van der Waals surface area contributed by atoms with E-state index in [1.54, 1.807) is 11.9 Å². The van der Waals surface area contributed by atoms with Gasteiger partial charge in [0.15, 0.2) is 0 Å². The standard InChI is InChI=1S/C13H18N2O2.ClH/c1-9-3-5-10(6-4-9)15(2)13(17)12-7-11(16)8-14-12;/h3-6,11-12,14,16H,7-8H2,1-2H3;1H. The molecule has 0 aliphatic carbocycles. The molecule has 1 saturated heterocycles. The van der Waals surface area contributed by atoms with Crippen LogP contribution in [0.3, 0.4) is 0 Å². The predicted octanol–water partition coefficient (Wildman–Crippen LogP) is 1.10. The minimum absolute atomic E-state index is 0. The molecule has 0 aromatic heterocycles. The Balaban J connectivity index is 0.00000162. The fourth-order valence-electron chi connectivity index (χ4n) is 2.03. The van der Waals surface area contributed by atoms with Crippen molar-refractivity contribution in [1.29, 1.82) is 0 Å². The molecule has 1 fully saturated rings. The minimum atomic E-state index is -0.407. The number of amides is 1. The van der Waals surface area contributed by atoms with Gasteiger partial charge in [0.2, 0.25) is 5.91 Å². The predicted molar refractivity (Wildman–Crippen MR) is 74.3 cm³/mol. The van der Waals surface area contributed by atoms with E-state index in [0.717, 1.165) is 5.69 Å². The lowest BCUT2D eigenvalue weighted by atomic mass is 10.1. The van der Waals surface area contributed by atoms with E-state index in [9.17, 15) is 9.90 Å². The number of hydrogen-bond donors (Lipinski definition) is 2. The highest BCUT2D eigenvalue weighted by Gasteiger charge is 2.30. The normalized spacial score (nSPS) is 22.4. The number of nitrogens with one attached hydrogen (secondary N) is 1. The number of carbonyl (C=O) groups excluding carboxylic acids is 1. The van der Waals surface area contributed by atoms with Crippen LogP contribution in [0.1, 0.15) is 12.0 Å². The molecular formula is C13H19ClN2O2. The number of benzene rings is 1. The molecule has 2 atom stereocenters. The summed E-state index contributed by atoms with van der Waals surface area (Å²) in [6, 6.07) is 7.56. The lowest BCUT2D eigenvalue weighted by Crippen LogP contribution is -2.41. The van der Waals surface area contributed by atoms with Crippen molar-refractivity contribution in [2.75, 3.05) is 18.5 Å². The molecule has 1 heterocycles. The fourth-order valence-corrected chi connectivity index (χ4v) is 2.03. The summed E-state index contributed by atoms with van der Waals surface area (Å²) in [4.78, 5) is 13.8. The third-order valence-electron chi connectivity index (χ3n) is 3.16. The lowest BCUT2D eigenvalue weighted by molar-refractivity contribution is -0.120. The van der Waals surface area contributed by atoms with Crippen LogP contribution < -0.4 is 10.2 Å². The molecule has 1 aliphatic heterocycles. The van der Waals surface area contributed by atoms with Crippen LogP contribution >= 0.6 is 12.4 Å². The van der Waals surface area contributed by atoms with Crippen molar-refractivity contribution in [3.8, 4) is 0 Å². The number of aliphatic hydroxyl groups excluding tert-OH is 1. The van der Waals surface area contributed by atoms with Gasteiger partial charge < -0.3 is 15.3 Å². The molecule has 0 saturated carbocycles. The molecule has 100 valence electrons. The van der Waals surface area contributed by atoms with Crippen molar-refractivity contribution >= 4 is 24.0 Å². The number of anilines is 1. The van der Waals surface area contributed by atoms with Gasteiger partial charge >= 0.3 is 0 Å². The van der Waals surface area contributed by atoms with Gasteiger partial charge in [0.1, 0.15) is 0 Å². The first kappa shape index (κ1) is 15.0. The van der Waals surface area contributed by atoms with Crippen LogP contribution in [0, 0.1) is 6.92 Å². The monoisotopic (exact) mass is 270 g/mol. The molecule has 2 rings (SSSR count). The molecule has 4 nitrogen and oxygen atoms in total. The topological polar surface area (TPSA) is 52.6 Å². The van der Waals surface area contributed by atoms with Crippen molar-refractivity contribution in [3.63, 3.8) is 0 Å². The van der Waals surface area contributed by atoms with Crippen molar-refractivity contribution < 1.29 is 9.90 Å². The van der Waals surface area contributed by atoms with Crippen LogP contribution in [0.5, 0.6) is 0 Å². The zero-order valence-electron chi connectivity index (χ0n) is 10.6. The van der Waals surface area contributed by atoms with Crippen LogP contribution in [0.2, 0.25) is 0 Å². The Hall–Kier alpha value is -1.10. The highest BCUT2D eigenvalue weighted by molar-refractivity contribution is 5.96. The van der Waals surface area contributed by atoms with Crippen molar-refractivity contribution in [1.82, 2.24) is 5.32 Å². The molecule has 1 aromatic carbocycles. The largest absolute Gasteiger partial charge is 0.392 e. The molecule has 1 amide bonds. The Kier molecular flexibility index (Phi) is 5.14. The maximum absolute atomic E-state index is 12.1. The van der Waals surface area contributed by atoms with Crippen LogP contribution in [-0.4, -0.2) is 36.8 Å². The van der Waals surface area contributed by atoms with Crippen LogP contribution in [0.4, 0.5) is 5.69 Å². The average molecular weight is 271 g/mol. The zero-order valence-corrected chi connectivity index (χ0v) is 11.4. The summed E-state index contributed by atoms with van der Waals surface area (Å²) < 4.78 is 0. The van der Waals surface area contributed by atoms with E-state index in [4.69, 9.17) is 0 Å². The van der Waals surface area contributed by atoms with E-state index in [-0.39, 0.29) is 24.4 Å². The summed E-state index contributed by atoms with van der Waals surface area (Å²) in [5.41, 5.74) is 2.05. The van der Waals surface area contributed by atoms with Gasteiger partial charge in [-0.15, -0.1) is 12.4 Å². The molecule has 1 aromatic rings. The first-order valence-corrected chi connectivity index (χ1v) is 5.83. The van der Waals surface area contributed by atoms with Gasteiger partial charge in [-0.05, 0) is 25.5 Å². The van der Waals surface area contributed by atoms with E-state index in [1.807, 2.05) is 31.2 Å². The number of nitrogens with zero attached hydrogens (tertiary/aromatic N) is 1. The number of hydrogen-bond acceptors (Lipinski definition) is 3. The van der Waals surface area contributed by atoms with Gasteiger partial charge in [0.25, 0.3) is 0 Å². The first-order chi connectivity index (χ1) is 8.08. The minimum Gasteiger partial charge on any atom is -0.392 e. The second-order valence-electron chi connectivity index (χ2n) is 4.58. The average Bonchev–Trinajstić information content (AvgIpc) is 2.75. The second-order valence-corrected chi connectivity index (χ2v) is 4.58. The number of halogens is 1. The summed E-state index contributed by atoms with van der Waals surface area (Å²) in [6.07, 6.45) is 0.0880. The van der Waals surface area contributed by atoms with Crippen molar-refractivity contribution in [2.45, 2.75) is 25.5 Å². The maximum Gasteiger partial charge on any atom is 0.243 e. The van der Waals surface area contributed by atoms with Crippen LogP contribution in [0.25, 0.3) is 0 Å². The molecule has 2 N–H and O–H groups in total. The van der Waals surface area contributed by atoms with E-state index >= 15 is 0 Å². The zero-order chi connectivity index (χ0) is 12.4. The lowest BCUT2D eigenvalue weighted by Gasteiger charge is -2.21. The molecule has 1 aliphatic rings. The molecule has 18 heavy (non-hydrogen) atoms. The maximum atomic E-state index is 12.1. The van der Waals surface area contributed by atoms with E-state index in [2.05, 4.69) is 5.32 Å². The number of likely N-dealkylation sites (N-methyl/N-ethyl adjacent to an activating group) is 1. The smallest absolute Gasteiger partial charge is 0.243 e. The first-order valence-electron chi connectivity index (χ1n) is 5.83. The number of rotatable bonds is 2. The number of aryl methyl sites for hydroxylation is 1. The number of β-amino-alcohol motifs (C(OH)–C–C–N with tert-alkyl or cyclic N) is 1. The molecule has 0 bridgehead atoms. The quantitative estimate of drug-likeness (QED) is 0.846. The highest BCUT2D eigenvalue weighted by atomic mass is 35.5. The Labute approximate surface area is 113 Å². The Morgan fingerprint density at radius 2 is 2.00 bits per heavy atom. The Bertz CT molecular complexity index is 408. The Morgan fingerprint density at radius 3 is 2.50 bits per heavy atom. The van der Waals surface area contributed by atoms with Gasteiger partial charge in [-0.3, -0.25) is 4.79 Å². The summed E-state index contributed by atoms with van der Waals surface area (Å²) in [5, 5.41) is 12.4. The number of carbonyl (C=O) groups is 1. The summed E-state index contributed by atoms with van der Waals surface area (Å²) in [5.74, 6) is 0.00500. The Morgan fingerprint density at radius 1 is 1.39 bits per heavy atom. The van der Waals surface area contributed by atoms with Crippen LogP contribution in [0.15, 0.2) is 24.3 Å². The van der Waals surface area contributed by atoms with Gasteiger partial charge in [-0.2, -0.15) is 0 Å². The summed E-state index contributed by atoms with van der Waals surface area (Å²) in [7, 11) is 1.76. The highest BCUT2D eigenvalue weighted by Crippen LogP contribution is 2.17. The molecule has 2 unspecified atom stereocenters. The fraction of sp³-hybridized carbons (Fsp3) is 0.462. The molecule has 0 radical (unpaired) electrons. The van der Waals surface area contributed by atoms with E-state index in [1.165, 1.54) is 5.56 Å². The molecule has 0 spiro atoms. The van der Waals surface area contributed by atoms with Crippen molar-refractivity contribution in [3.05, 3.63) is 29.8 Å². The van der Waals surface area contributed by atoms with Crippen LogP contribution in [-0.2, 0) is 4.79 Å². The number of aliphatic hydroxyl groups is 1. The second kappa shape index (κ2) is 6.18. The summed E-state index contributed by atoms with van der Waals surface area (Å²) >= 11 is 0. The van der Waals surface area contributed by atoms with E-state index in [0.29, 0.717) is 13.0 Å². The summed E-state index contributed by atoms with van der Waals surface area (Å²) in [6.45, 7) is 2.51. The van der Waals surface area contributed by atoms with E-state index < -0.39 is 6.10 Å². The SMILES string of the molecule is Cc1ccc(N(C)C(=O)C2CC(O)CN2)cc1.Cl. The molecule has 5 heteroatoms. The molecular weight excluding hydrogens is 252 g/mol. The third kappa shape index (κ3) is 3.22. The van der Waals surface area contributed by atoms with Gasteiger partial charge in [0, 0.05) is 19.3 Å². The third-order valence-corrected chi connectivity index (χ3v) is 3.16. The van der Waals surface area contributed by atoms with Gasteiger partial charge in [-0.25, -0.2) is 0 Å². The van der Waals surface area contributed by atoms with Crippen molar-refractivity contribution in [2.24, 2.45) is 0 Å². The van der Waals surface area contributed by atoms with Gasteiger partial charge in [0.05, 0.1) is 12.1 Å². The van der Waals surface area contributed by atoms with Gasteiger partial charge in [-0.1, -0.05) is 17.7 Å².